The van der Waals surface area contributed by atoms with Crippen molar-refractivity contribution < 1.29 is 4.79 Å². The second kappa shape index (κ2) is 7.94. The molecule has 0 bridgehead atoms. The van der Waals surface area contributed by atoms with E-state index in [1.807, 2.05) is 30.3 Å². The lowest BCUT2D eigenvalue weighted by Gasteiger charge is -2.09. The van der Waals surface area contributed by atoms with Gasteiger partial charge in [0.05, 0.1) is 17.6 Å². The van der Waals surface area contributed by atoms with Gasteiger partial charge in [-0.15, -0.1) is 0 Å². The van der Waals surface area contributed by atoms with Crippen molar-refractivity contribution in [3.63, 3.8) is 0 Å². The normalized spacial score (nSPS) is 10.5. The van der Waals surface area contributed by atoms with E-state index in [0.29, 0.717) is 18.2 Å². The van der Waals surface area contributed by atoms with E-state index in [2.05, 4.69) is 45.4 Å². The van der Waals surface area contributed by atoms with Crippen LogP contribution in [0.5, 0.6) is 0 Å². The van der Waals surface area contributed by atoms with Crippen molar-refractivity contribution in [2.24, 2.45) is 5.92 Å². The molecule has 1 amide bonds. The van der Waals surface area contributed by atoms with E-state index in [1.165, 1.54) is 0 Å². The van der Waals surface area contributed by atoms with Gasteiger partial charge in [-0.2, -0.15) is 0 Å². The number of carbonyl (C=O) groups excluding carboxylic acids is 1. The molecule has 0 aliphatic carbocycles. The summed E-state index contributed by atoms with van der Waals surface area (Å²) in [5.41, 5.74) is 2.23. The van der Waals surface area contributed by atoms with Crippen LogP contribution in [0.2, 0.25) is 0 Å². The van der Waals surface area contributed by atoms with Crippen molar-refractivity contribution in [2.75, 3.05) is 11.9 Å². The number of nitrogens with zero attached hydrogens (tertiary/aromatic N) is 1. The summed E-state index contributed by atoms with van der Waals surface area (Å²) < 4.78 is 0.977. The van der Waals surface area contributed by atoms with Crippen molar-refractivity contribution in [1.29, 1.82) is 0 Å². The number of pyridine rings is 1. The highest BCUT2D eigenvalue weighted by atomic mass is 79.9. The van der Waals surface area contributed by atoms with Gasteiger partial charge in [-0.25, -0.2) is 4.98 Å². The summed E-state index contributed by atoms with van der Waals surface area (Å²) in [5, 5.41) is 6.13. The molecular weight excluding hydrogens is 342 g/mol. The summed E-state index contributed by atoms with van der Waals surface area (Å²) in [4.78, 5) is 16.2. The average molecular weight is 362 g/mol. The van der Waals surface area contributed by atoms with E-state index >= 15 is 0 Å². The third-order valence-corrected chi connectivity index (χ3v) is 3.85. The predicted octanol–water partition coefficient (Wildman–Crippen LogP) is 4.36. The van der Waals surface area contributed by atoms with E-state index in [-0.39, 0.29) is 5.91 Å². The number of hydrogen-bond acceptors (Lipinski definition) is 3. The lowest BCUT2D eigenvalue weighted by molar-refractivity contribution is 0.0947. The van der Waals surface area contributed by atoms with Crippen molar-refractivity contribution in [3.8, 4) is 0 Å². The number of anilines is 2. The summed E-state index contributed by atoms with van der Waals surface area (Å²) in [5.74, 6) is 0.442. The molecule has 0 fully saturated rings. The lowest BCUT2D eigenvalue weighted by Crippen LogP contribution is -2.26. The van der Waals surface area contributed by atoms with Gasteiger partial charge in [0.1, 0.15) is 5.69 Å². The molecule has 0 aliphatic rings. The summed E-state index contributed by atoms with van der Waals surface area (Å²) in [6.07, 6.45) is 2.63. The topological polar surface area (TPSA) is 54.0 Å². The molecule has 0 radical (unpaired) electrons. The molecule has 4 nitrogen and oxygen atoms in total. The fourth-order valence-corrected chi connectivity index (χ4v) is 2.27. The Morgan fingerprint density at radius 1 is 1.23 bits per heavy atom. The largest absolute Gasteiger partial charge is 0.353 e. The smallest absolute Gasteiger partial charge is 0.269 e. The highest BCUT2D eigenvalue weighted by Gasteiger charge is 2.07. The third kappa shape index (κ3) is 4.84. The minimum absolute atomic E-state index is 0.131. The Morgan fingerprint density at radius 2 is 2.00 bits per heavy atom. The first-order chi connectivity index (χ1) is 10.6. The summed E-state index contributed by atoms with van der Waals surface area (Å²) in [6.45, 7) is 4.94. The fraction of sp³-hybridized carbons (Fsp3) is 0.294. The lowest BCUT2D eigenvalue weighted by atomic mass is 10.1. The zero-order chi connectivity index (χ0) is 15.9. The first-order valence-electron chi connectivity index (χ1n) is 7.32. The maximum Gasteiger partial charge on any atom is 0.269 e. The van der Waals surface area contributed by atoms with Crippen molar-refractivity contribution >= 4 is 33.2 Å². The SMILES string of the molecule is CC(C)CCNC(=O)c1ccc(Nc2ccccc2Br)cn1. The van der Waals surface area contributed by atoms with Crippen LogP contribution in [0.1, 0.15) is 30.8 Å². The first-order valence-corrected chi connectivity index (χ1v) is 8.11. The van der Waals surface area contributed by atoms with Crippen LogP contribution in [0.15, 0.2) is 47.1 Å². The molecule has 116 valence electrons. The van der Waals surface area contributed by atoms with Crippen LogP contribution in [0.25, 0.3) is 0 Å². The van der Waals surface area contributed by atoms with Gasteiger partial charge in [0.25, 0.3) is 5.91 Å². The molecule has 1 aromatic carbocycles. The monoisotopic (exact) mass is 361 g/mol. The minimum atomic E-state index is -0.131. The van der Waals surface area contributed by atoms with Crippen molar-refractivity contribution in [3.05, 3.63) is 52.8 Å². The van der Waals surface area contributed by atoms with Gasteiger partial charge >= 0.3 is 0 Å². The molecule has 1 aromatic heterocycles. The van der Waals surface area contributed by atoms with Gasteiger partial charge in [0.2, 0.25) is 0 Å². The first kappa shape index (κ1) is 16.5. The Labute approximate surface area is 139 Å². The summed E-state index contributed by atoms with van der Waals surface area (Å²) in [6, 6.07) is 11.4. The van der Waals surface area contributed by atoms with E-state index < -0.39 is 0 Å². The predicted molar refractivity (Wildman–Crippen MR) is 93.4 cm³/mol. The van der Waals surface area contributed by atoms with Gasteiger partial charge in [0.15, 0.2) is 0 Å². The number of hydrogen-bond donors (Lipinski definition) is 2. The molecule has 0 atom stereocenters. The second-order valence-corrected chi connectivity index (χ2v) is 6.33. The standard InChI is InChI=1S/C17H20BrN3O/c1-12(2)9-10-19-17(22)16-8-7-13(11-20-16)21-15-6-4-3-5-14(15)18/h3-8,11-12,21H,9-10H2,1-2H3,(H,19,22). The van der Waals surface area contributed by atoms with Crippen LogP contribution in [0.4, 0.5) is 11.4 Å². The Kier molecular flexibility index (Phi) is 5.95. The number of para-hydroxylation sites is 1. The molecule has 0 saturated heterocycles. The molecule has 0 spiro atoms. The molecule has 2 rings (SSSR count). The zero-order valence-electron chi connectivity index (χ0n) is 12.8. The highest BCUT2D eigenvalue weighted by Crippen LogP contribution is 2.24. The third-order valence-electron chi connectivity index (χ3n) is 3.16. The maximum atomic E-state index is 11.9. The summed E-state index contributed by atoms with van der Waals surface area (Å²) >= 11 is 3.48. The Bertz CT molecular complexity index is 626. The summed E-state index contributed by atoms with van der Waals surface area (Å²) in [7, 11) is 0. The number of rotatable bonds is 6. The Balaban J connectivity index is 1.95. The number of aromatic nitrogens is 1. The Hall–Kier alpha value is -1.88. The average Bonchev–Trinajstić information content (AvgIpc) is 2.50. The molecule has 0 saturated carbocycles. The second-order valence-electron chi connectivity index (χ2n) is 5.48. The van der Waals surface area contributed by atoms with Gasteiger partial charge in [-0.05, 0) is 52.5 Å². The number of carbonyl (C=O) groups is 1. The maximum absolute atomic E-state index is 11.9. The molecule has 2 aromatic rings. The van der Waals surface area contributed by atoms with Gasteiger partial charge < -0.3 is 10.6 Å². The van der Waals surface area contributed by atoms with Crippen LogP contribution in [0, 0.1) is 5.92 Å². The van der Waals surface area contributed by atoms with Crippen LogP contribution in [-0.2, 0) is 0 Å². The molecule has 5 heteroatoms. The van der Waals surface area contributed by atoms with E-state index in [0.717, 1.165) is 22.3 Å². The highest BCUT2D eigenvalue weighted by molar-refractivity contribution is 9.10. The molecule has 22 heavy (non-hydrogen) atoms. The van der Waals surface area contributed by atoms with Crippen molar-refractivity contribution in [1.82, 2.24) is 10.3 Å². The molecule has 2 N–H and O–H groups in total. The van der Waals surface area contributed by atoms with E-state index in [9.17, 15) is 4.79 Å². The van der Waals surface area contributed by atoms with Gasteiger partial charge in [-0.1, -0.05) is 26.0 Å². The zero-order valence-corrected chi connectivity index (χ0v) is 14.4. The van der Waals surface area contributed by atoms with Gasteiger partial charge in [0, 0.05) is 11.0 Å². The van der Waals surface area contributed by atoms with E-state index in [1.54, 1.807) is 12.3 Å². The number of halogens is 1. The number of benzene rings is 1. The van der Waals surface area contributed by atoms with Crippen LogP contribution >= 0.6 is 15.9 Å². The quantitative estimate of drug-likeness (QED) is 0.803. The number of amides is 1. The minimum Gasteiger partial charge on any atom is -0.353 e. The number of nitrogens with one attached hydrogen (secondary N) is 2. The molecular formula is C17H20BrN3O. The molecule has 0 aliphatic heterocycles. The molecule has 1 heterocycles. The van der Waals surface area contributed by atoms with Crippen LogP contribution in [-0.4, -0.2) is 17.4 Å². The molecule has 0 unspecified atom stereocenters. The van der Waals surface area contributed by atoms with E-state index in [4.69, 9.17) is 0 Å². The van der Waals surface area contributed by atoms with Gasteiger partial charge in [-0.3, -0.25) is 4.79 Å². The van der Waals surface area contributed by atoms with Crippen LogP contribution in [0.3, 0.4) is 0 Å². The Morgan fingerprint density at radius 3 is 2.64 bits per heavy atom. The van der Waals surface area contributed by atoms with Crippen molar-refractivity contribution in [2.45, 2.75) is 20.3 Å². The fourth-order valence-electron chi connectivity index (χ4n) is 1.89. The van der Waals surface area contributed by atoms with Crippen LogP contribution < -0.4 is 10.6 Å².